The molecule has 14 heavy (non-hydrogen) atoms. The van der Waals surface area contributed by atoms with E-state index in [4.69, 9.17) is 5.11 Å². The molecule has 0 spiro atoms. The first-order valence-corrected chi connectivity index (χ1v) is 5.19. The Balaban J connectivity index is 2.29. The van der Waals surface area contributed by atoms with Gasteiger partial charge >= 0.3 is 5.97 Å². The molecule has 0 bridgehead atoms. The largest absolute Gasteiger partial charge is 0.480 e. The number of hydrogen-bond donors (Lipinski definition) is 2. The topological polar surface area (TPSA) is 49.3 Å². The predicted molar refractivity (Wildman–Crippen MR) is 56.1 cm³/mol. The molecule has 1 heterocycles. The number of carboxylic acids is 1. The van der Waals surface area contributed by atoms with Gasteiger partial charge in [-0.2, -0.15) is 0 Å². The Morgan fingerprint density at radius 3 is 3.00 bits per heavy atom. The van der Waals surface area contributed by atoms with Crippen LogP contribution in [0.5, 0.6) is 0 Å². The molecule has 1 atom stereocenters. The first kappa shape index (κ1) is 9.68. The van der Waals surface area contributed by atoms with Crippen LogP contribution in [0.4, 0.5) is 0 Å². The summed E-state index contributed by atoms with van der Waals surface area (Å²) in [6.07, 6.45) is 0.560. The Morgan fingerprint density at radius 1 is 1.50 bits per heavy atom. The number of halogens is 1. The molecule has 1 unspecified atom stereocenters. The lowest BCUT2D eigenvalue weighted by Gasteiger charge is -2.23. The molecule has 4 heteroatoms. The van der Waals surface area contributed by atoms with E-state index >= 15 is 0 Å². The van der Waals surface area contributed by atoms with Gasteiger partial charge in [0.15, 0.2) is 0 Å². The number of nitrogens with one attached hydrogen (secondary N) is 1. The average Bonchev–Trinajstić information content (AvgIpc) is 2.16. The molecule has 0 aromatic heterocycles. The third kappa shape index (κ3) is 1.81. The van der Waals surface area contributed by atoms with Crippen molar-refractivity contribution in [1.29, 1.82) is 0 Å². The lowest BCUT2D eigenvalue weighted by atomic mass is 9.96. The second-order valence-electron chi connectivity index (χ2n) is 3.39. The van der Waals surface area contributed by atoms with Crippen molar-refractivity contribution in [2.75, 3.05) is 0 Å². The van der Waals surface area contributed by atoms with Gasteiger partial charge < -0.3 is 10.4 Å². The molecule has 0 aliphatic carbocycles. The second kappa shape index (κ2) is 3.71. The van der Waals surface area contributed by atoms with Gasteiger partial charge in [-0.1, -0.05) is 22.0 Å². The van der Waals surface area contributed by atoms with Crippen LogP contribution in [0.15, 0.2) is 22.7 Å². The molecule has 1 aliphatic rings. The van der Waals surface area contributed by atoms with E-state index in [1.165, 1.54) is 5.56 Å². The van der Waals surface area contributed by atoms with Gasteiger partial charge in [0.1, 0.15) is 6.04 Å². The molecule has 0 amide bonds. The normalized spacial score (nSPS) is 20.2. The van der Waals surface area contributed by atoms with Gasteiger partial charge in [0.2, 0.25) is 0 Å². The number of benzene rings is 1. The van der Waals surface area contributed by atoms with E-state index in [1.54, 1.807) is 0 Å². The Kier molecular flexibility index (Phi) is 2.56. The van der Waals surface area contributed by atoms with Crippen molar-refractivity contribution < 1.29 is 9.90 Å². The highest BCUT2D eigenvalue weighted by Crippen LogP contribution is 2.21. The predicted octanol–water partition coefficient (Wildman–Crippen LogP) is 1.55. The van der Waals surface area contributed by atoms with E-state index in [1.807, 2.05) is 18.2 Å². The number of fused-ring (bicyclic) bond motifs is 1. The summed E-state index contributed by atoms with van der Waals surface area (Å²) in [7, 11) is 0. The minimum atomic E-state index is -0.782. The van der Waals surface area contributed by atoms with Crippen LogP contribution >= 0.6 is 15.9 Å². The molecule has 3 nitrogen and oxygen atoms in total. The molecule has 2 N–H and O–H groups in total. The summed E-state index contributed by atoms with van der Waals surface area (Å²) in [5.41, 5.74) is 2.30. The molecular weight excluding hydrogens is 246 g/mol. The van der Waals surface area contributed by atoms with E-state index in [0.717, 1.165) is 10.0 Å². The van der Waals surface area contributed by atoms with Crippen LogP contribution in [0.2, 0.25) is 0 Å². The molecule has 2 rings (SSSR count). The Labute approximate surface area is 90.3 Å². The van der Waals surface area contributed by atoms with Gasteiger partial charge in [-0.05, 0) is 29.7 Å². The Morgan fingerprint density at radius 2 is 2.29 bits per heavy atom. The molecular formula is C10H10BrNO2. The summed E-state index contributed by atoms with van der Waals surface area (Å²) in [4.78, 5) is 10.8. The number of aliphatic carboxylic acids is 1. The lowest BCUT2D eigenvalue weighted by molar-refractivity contribution is -0.139. The van der Waals surface area contributed by atoms with Crippen LogP contribution < -0.4 is 5.32 Å². The van der Waals surface area contributed by atoms with E-state index < -0.39 is 12.0 Å². The van der Waals surface area contributed by atoms with E-state index in [2.05, 4.69) is 21.2 Å². The highest BCUT2D eigenvalue weighted by Gasteiger charge is 2.23. The molecule has 0 radical (unpaired) electrons. The van der Waals surface area contributed by atoms with Crippen molar-refractivity contribution in [3.63, 3.8) is 0 Å². The zero-order chi connectivity index (χ0) is 10.1. The summed E-state index contributed by atoms with van der Waals surface area (Å²) in [6.45, 7) is 0.638. The van der Waals surface area contributed by atoms with Crippen LogP contribution in [0, 0.1) is 0 Å². The number of carboxylic acid groups (broad SMARTS) is 1. The smallest absolute Gasteiger partial charge is 0.321 e. The first-order chi connectivity index (χ1) is 6.66. The number of hydrogen-bond acceptors (Lipinski definition) is 2. The van der Waals surface area contributed by atoms with Gasteiger partial charge in [-0.25, -0.2) is 0 Å². The maximum Gasteiger partial charge on any atom is 0.321 e. The van der Waals surface area contributed by atoms with Gasteiger partial charge in [-0.3, -0.25) is 4.79 Å². The summed E-state index contributed by atoms with van der Waals surface area (Å²) >= 11 is 3.38. The van der Waals surface area contributed by atoms with Crippen molar-refractivity contribution >= 4 is 21.9 Å². The van der Waals surface area contributed by atoms with Crippen LogP contribution in [-0.4, -0.2) is 17.1 Å². The third-order valence-corrected chi connectivity index (χ3v) is 2.92. The van der Waals surface area contributed by atoms with Gasteiger partial charge in [0.05, 0.1) is 0 Å². The molecule has 0 fully saturated rings. The number of rotatable bonds is 1. The summed E-state index contributed by atoms with van der Waals surface area (Å²) < 4.78 is 1.00. The van der Waals surface area contributed by atoms with Crippen molar-refractivity contribution in [2.24, 2.45) is 0 Å². The maximum absolute atomic E-state index is 10.8. The lowest BCUT2D eigenvalue weighted by Crippen LogP contribution is -2.41. The quantitative estimate of drug-likeness (QED) is 0.801. The van der Waals surface area contributed by atoms with E-state index in [-0.39, 0.29) is 0 Å². The Hall–Kier alpha value is -0.870. The zero-order valence-electron chi connectivity index (χ0n) is 7.46. The van der Waals surface area contributed by atoms with Gasteiger partial charge in [0, 0.05) is 11.0 Å². The molecule has 1 aromatic carbocycles. The summed E-state index contributed by atoms with van der Waals surface area (Å²) in [6, 6.07) is 5.54. The monoisotopic (exact) mass is 255 g/mol. The average molecular weight is 256 g/mol. The molecule has 1 aliphatic heterocycles. The first-order valence-electron chi connectivity index (χ1n) is 4.40. The highest BCUT2D eigenvalue weighted by atomic mass is 79.9. The molecule has 0 saturated heterocycles. The Bertz CT molecular complexity index is 378. The molecule has 1 aromatic rings. The van der Waals surface area contributed by atoms with Crippen LogP contribution in [0.1, 0.15) is 11.1 Å². The fraction of sp³-hybridized carbons (Fsp3) is 0.300. The van der Waals surface area contributed by atoms with Crippen LogP contribution in [0.25, 0.3) is 0 Å². The van der Waals surface area contributed by atoms with Crippen molar-refractivity contribution in [2.45, 2.75) is 19.0 Å². The van der Waals surface area contributed by atoms with Crippen LogP contribution in [0.3, 0.4) is 0 Å². The highest BCUT2D eigenvalue weighted by molar-refractivity contribution is 9.10. The standard InChI is InChI=1S/C10H10BrNO2/c11-8-2-1-6-5-12-9(10(13)14)4-7(6)3-8/h1-3,9,12H,4-5H2,(H,13,14). The minimum absolute atomic E-state index is 0.447. The maximum atomic E-state index is 10.8. The number of carbonyl (C=O) groups is 1. The molecule has 74 valence electrons. The fourth-order valence-corrected chi connectivity index (χ4v) is 2.07. The van der Waals surface area contributed by atoms with Crippen molar-refractivity contribution in [3.8, 4) is 0 Å². The van der Waals surface area contributed by atoms with Crippen LogP contribution in [-0.2, 0) is 17.8 Å². The van der Waals surface area contributed by atoms with Crippen molar-refractivity contribution in [1.82, 2.24) is 5.32 Å². The van der Waals surface area contributed by atoms with Gasteiger partial charge in [-0.15, -0.1) is 0 Å². The fourth-order valence-electron chi connectivity index (χ4n) is 1.66. The van der Waals surface area contributed by atoms with E-state index in [0.29, 0.717) is 13.0 Å². The SMILES string of the molecule is O=C(O)C1Cc2cc(Br)ccc2CN1. The second-order valence-corrected chi connectivity index (χ2v) is 4.30. The van der Waals surface area contributed by atoms with Gasteiger partial charge in [0.25, 0.3) is 0 Å². The molecule has 0 saturated carbocycles. The zero-order valence-corrected chi connectivity index (χ0v) is 9.04. The van der Waals surface area contributed by atoms with Crippen molar-refractivity contribution in [3.05, 3.63) is 33.8 Å². The third-order valence-electron chi connectivity index (χ3n) is 2.43. The summed E-state index contributed by atoms with van der Waals surface area (Å²) in [5.74, 6) is -0.782. The van der Waals surface area contributed by atoms with E-state index in [9.17, 15) is 4.79 Å². The summed E-state index contributed by atoms with van der Waals surface area (Å²) in [5, 5.41) is 11.8. The minimum Gasteiger partial charge on any atom is -0.480 e.